The number of fused-ring (bicyclic) bond motifs is 2. The van der Waals surface area contributed by atoms with E-state index >= 15 is 0 Å². The van der Waals surface area contributed by atoms with Gasteiger partial charge in [-0.05, 0) is 38.0 Å². The van der Waals surface area contributed by atoms with E-state index in [2.05, 4.69) is 10.6 Å². The Labute approximate surface area is 91.9 Å². The maximum Gasteiger partial charge on any atom is 0.0702 e. The molecular weight excluding hydrogens is 188 g/mol. The molecule has 86 valence electrons. The molecule has 3 saturated heterocycles. The third kappa shape index (κ3) is 2.35. The lowest BCUT2D eigenvalue weighted by molar-refractivity contribution is 0.00878. The molecule has 2 N–H and O–H groups in total. The van der Waals surface area contributed by atoms with Crippen LogP contribution in [0, 0.1) is 5.92 Å². The zero-order chi connectivity index (χ0) is 10.1. The fourth-order valence-corrected chi connectivity index (χ4v) is 3.51. The predicted molar refractivity (Wildman–Crippen MR) is 59.9 cm³/mol. The number of hydrogen-bond donors (Lipinski definition) is 2. The third-order valence-electron chi connectivity index (χ3n) is 4.17. The van der Waals surface area contributed by atoms with E-state index in [0.29, 0.717) is 6.10 Å². The molecule has 0 amide bonds. The van der Waals surface area contributed by atoms with Crippen LogP contribution in [0.4, 0.5) is 0 Å². The second-order valence-electron chi connectivity index (χ2n) is 5.41. The van der Waals surface area contributed by atoms with Crippen LogP contribution in [0.3, 0.4) is 0 Å². The van der Waals surface area contributed by atoms with Gasteiger partial charge in [0.2, 0.25) is 0 Å². The van der Waals surface area contributed by atoms with Crippen LogP contribution in [-0.2, 0) is 4.74 Å². The first-order valence-electron chi connectivity index (χ1n) is 6.48. The van der Waals surface area contributed by atoms with Crippen LogP contribution in [0.25, 0.3) is 0 Å². The highest BCUT2D eigenvalue weighted by Gasteiger charge is 2.34. The van der Waals surface area contributed by atoms with Crippen molar-refractivity contribution in [1.82, 2.24) is 10.6 Å². The van der Waals surface area contributed by atoms with E-state index in [0.717, 1.165) is 37.7 Å². The van der Waals surface area contributed by atoms with E-state index in [4.69, 9.17) is 4.74 Å². The summed E-state index contributed by atoms with van der Waals surface area (Å²) in [5.74, 6) is 0.911. The fourth-order valence-electron chi connectivity index (χ4n) is 3.51. The zero-order valence-corrected chi connectivity index (χ0v) is 9.37. The first-order chi connectivity index (χ1) is 7.40. The average Bonchev–Trinajstić information content (AvgIpc) is 2.60. The second kappa shape index (κ2) is 4.40. The molecule has 0 saturated carbocycles. The minimum atomic E-state index is 0.487. The van der Waals surface area contributed by atoms with Crippen molar-refractivity contribution in [3.05, 3.63) is 0 Å². The van der Waals surface area contributed by atoms with E-state index in [9.17, 15) is 0 Å². The van der Waals surface area contributed by atoms with Crippen molar-refractivity contribution in [1.29, 1.82) is 0 Å². The molecule has 3 unspecified atom stereocenters. The molecule has 2 bridgehead atoms. The third-order valence-corrected chi connectivity index (χ3v) is 4.17. The van der Waals surface area contributed by atoms with E-state index in [1.807, 2.05) is 0 Å². The minimum Gasteiger partial charge on any atom is -0.376 e. The lowest BCUT2D eigenvalue weighted by atomic mass is 9.87. The van der Waals surface area contributed by atoms with Crippen LogP contribution in [-0.4, -0.2) is 37.9 Å². The summed E-state index contributed by atoms with van der Waals surface area (Å²) in [5, 5.41) is 7.12. The molecule has 0 aromatic heterocycles. The Balaban J connectivity index is 1.50. The van der Waals surface area contributed by atoms with Gasteiger partial charge in [-0.3, -0.25) is 0 Å². The first kappa shape index (κ1) is 10.1. The number of piperidine rings is 1. The molecule has 3 rings (SSSR count). The highest BCUT2D eigenvalue weighted by molar-refractivity contribution is 4.92. The molecule has 3 nitrogen and oxygen atoms in total. The van der Waals surface area contributed by atoms with Crippen LogP contribution in [0.2, 0.25) is 0 Å². The predicted octanol–water partition coefficient (Wildman–Crippen LogP) is 0.895. The zero-order valence-electron chi connectivity index (χ0n) is 9.37. The molecule has 0 radical (unpaired) electrons. The Bertz CT molecular complexity index is 204. The molecule has 0 aromatic carbocycles. The largest absolute Gasteiger partial charge is 0.376 e. The summed E-state index contributed by atoms with van der Waals surface area (Å²) in [6.45, 7) is 3.01. The van der Waals surface area contributed by atoms with Crippen molar-refractivity contribution in [2.24, 2.45) is 5.92 Å². The molecule has 0 aliphatic carbocycles. The van der Waals surface area contributed by atoms with Crippen LogP contribution in [0.1, 0.15) is 32.1 Å². The second-order valence-corrected chi connectivity index (χ2v) is 5.41. The Morgan fingerprint density at radius 1 is 1.13 bits per heavy atom. The maximum atomic E-state index is 5.79. The van der Waals surface area contributed by atoms with Gasteiger partial charge in [0.15, 0.2) is 0 Å². The molecule has 0 aromatic rings. The van der Waals surface area contributed by atoms with Crippen molar-refractivity contribution in [2.45, 2.75) is 50.3 Å². The fraction of sp³-hybridized carbons (Fsp3) is 1.00. The molecule has 3 aliphatic rings. The number of rotatable bonds is 2. The highest BCUT2D eigenvalue weighted by Crippen LogP contribution is 2.33. The van der Waals surface area contributed by atoms with E-state index in [-0.39, 0.29) is 0 Å². The lowest BCUT2D eigenvalue weighted by Gasteiger charge is -2.33. The maximum absolute atomic E-state index is 5.79. The van der Waals surface area contributed by atoms with Crippen LogP contribution < -0.4 is 10.6 Å². The number of hydrogen-bond acceptors (Lipinski definition) is 3. The van der Waals surface area contributed by atoms with Gasteiger partial charge in [-0.15, -0.1) is 0 Å². The van der Waals surface area contributed by atoms with Gasteiger partial charge in [0.25, 0.3) is 0 Å². The summed E-state index contributed by atoms with van der Waals surface area (Å²) in [5.41, 5.74) is 0. The van der Waals surface area contributed by atoms with Crippen LogP contribution in [0.5, 0.6) is 0 Å². The molecule has 3 fully saturated rings. The standard InChI is InChI=1S/C12H22N2O/c1-2-11-6-9(5-10(1)14-11)7-12-8-13-3-4-15-12/h9-14H,1-8H2. The number of morpholine rings is 1. The minimum absolute atomic E-state index is 0.487. The van der Waals surface area contributed by atoms with Gasteiger partial charge >= 0.3 is 0 Å². The summed E-state index contributed by atoms with van der Waals surface area (Å²) in [4.78, 5) is 0. The van der Waals surface area contributed by atoms with Crippen molar-refractivity contribution < 1.29 is 4.74 Å². The quantitative estimate of drug-likeness (QED) is 0.710. The van der Waals surface area contributed by atoms with Gasteiger partial charge in [0, 0.05) is 25.2 Å². The summed E-state index contributed by atoms with van der Waals surface area (Å²) >= 11 is 0. The van der Waals surface area contributed by atoms with Crippen LogP contribution in [0.15, 0.2) is 0 Å². The molecule has 3 heteroatoms. The van der Waals surface area contributed by atoms with Gasteiger partial charge in [0.05, 0.1) is 12.7 Å². The Morgan fingerprint density at radius 2 is 1.93 bits per heavy atom. The Morgan fingerprint density at radius 3 is 2.60 bits per heavy atom. The summed E-state index contributed by atoms with van der Waals surface area (Å²) in [6.07, 6.45) is 7.35. The SMILES string of the molecule is C1COC(CC2CC3CCC(C2)N3)CN1. The van der Waals surface area contributed by atoms with E-state index in [1.165, 1.54) is 32.1 Å². The molecule has 3 heterocycles. The van der Waals surface area contributed by atoms with E-state index in [1.54, 1.807) is 0 Å². The normalized spacial score (nSPS) is 45.6. The van der Waals surface area contributed by atoms with Gasteiger partial charge in [0.1, 0.15) is 0 Å². The molecule has 0 spiro atoms. The molecule has 15 heavy (non-hydrogen) atoms. The number of nitrogens with one attached hydrogen (secondary N) is 2. The first-order valence-corrected chi connectivity index (χ1v) is 6.48. The highest BCUT2D eigenvalue weighted by atomic mass is 16.5. The summed E-state index contributed by atoms with van der Waals surface area (Å²) < 4.78 is 5.79. The van der Waals surface area contributed by atoms with Gasteiger partial charge in [-0.1, -0.05) is 0 Å². The van der Waals surface area contributed by atoms with Gasteiger partial charge in [-0.25, -0.2) is 0 Å². The molecular formula is C12H22N2O. The van der Waals surface area contributed by atoms with Gasteiger partial charge < -0.3 is 15.4 Å². The van der Waals surface area contributed by atoms with E-state index < -0.39 is 0 Å². The van der Waals surface area contributed by atoms with Crippen molar-refractivity contribution >= 4 is 0 Å². The van der Waals surface area contributed by atoms with Crippen molar-refractivity contribution in [2.75, 3.05) is 19.7 Å². The molecule has 3 aliphatic heterocycles. The Kier molecular flexibility index (Phi) is 2.95. The summed E-state index contributed by atoms with van der Waals surface area (Å²) in [7, 11) is 0. The van der Waals surface area contributed by atoms with Gasteiger partial charge in [-0.2, -0.15) is 0 Å². The number of ether oxygens (including phenoxy) is 1. The topological polar surface area (TPSA) is 33.3 Å². The Hall–Kier alpha value is -0.120. The monoisotopic (exact) mass is 210 g/mol. The lowest BCUT2D eigenvalue weighted by Crippen LogP contribution is -2.43. The average molecular weight is 210 g/mol. The molecule has 3 atom stereocenters. The smallest absolute Gasteiger partial charge is 0.0702 e. The van der Waals surface area contributed by atoms with Crippen molar-refractivity contribution in [3.8, 4) is 0 Å². The van der Waals surface area contributed by atoms with Crippen molar-refractivity contribution in [3.63, 3.8) is 0 Å². The summed E-state index contributed by atoms with van der Waals surface area (Å²) in [6, 6.07) is 1.65. The van der Waals surface area contributed by atoms with Crippen LogP contribution >= 0.6 is 0 Å².